The molecular weight excluding hydrogens is 1090 g/mol. The minimum Gasteiger partial charge on any atom is -0.496 e. The molecule has 0 radical (unpaired) electrons. The Labute approximate surface area is 500 Å². The van der Waals surface area contributed by atoms with Gasteiger partial charge >= 0.3 is 0 Å². The number of methoxy groups -OCH3 is 2. The van der Waals surface area contributed by atoms with Crippen LogP contribution in [0.3, 0.4) is 0 Å². The molecule has 0 bridgehead atoms. The van der Waals surface area contributed by atoms with Crippen LogP contribution >= 0.6 is 0 Å². The van der Waals surface area contributed by atoms with Crippen molar-refractivity contribution < 1.29 is 47.6 Å². The molecule has 0 unspecified atom stereocenters. The molecule has 25 heteroatoms. The fourth-order valence-corrected chi connectivity index (χ4v) is 10.1. The van der Waals surface area contributed by atoms with Gasteiger partial charge in [0.2, 0.25) is 0 Å². The molecule has 2 fully saturated rings. The van der Waals surface area contributed by atoms with Gasteiger partial charge in [-0.25, -0.2) is 0 Å². The van der Waals surface area contributed by atoms with E-state index in [9.17, 15) is 19.2 Å². The smallest absolute Gasteiger partial charge is 0.255 e. The first-order chi connectivity index (χ1) is 41.2. The van der Waals surface area contributed by atoms with Crippen LogP contribution in [0.4, 0.5) is 0 Å². The van der Waals surface area contributed by atoms with Gasteiger partial charge in [-0.1, -0.05) is 0 Å². The van der Waals surface area contributed by atoms with Gasteiger partial charge in [-0.15, -0.1) is 0 Å². The first-order valence-electron chi connectivity index (χ1n) is 30.1. The van der Waals surface area contributed by atoms with Gasteiger partial charge in [-0.3, -0.25) is 35.4 Å². The average molecular weight is 1190 g/mol. The van der Waals surface area contributed by atoms with Gasteiger partial charge in [-0.05, 0) is 165 Å². The van der Waals surface area contributed by atoms with Gasteiger partial charge in [0.25, 0.3) is 23.6 Å². The van der Waals surface area contributed by atoms with Crippen LogP contribution < -0.4 is 93.9 Å². The van der Waals surface area contributed by atoms with Crippen molar-refractivity contribution in [3.8, 4) is 34.5 Å². The molecular formula is C60H95N15O10. The van der Waals surface area contributed by atoms with Crippen LogP contribution in [0, 0.1) is 16.2 Å². The zero-order valence-electron chi connectivity index (χ0n) is 49.8. The van der Waals surface area contributed by atoms with E-state index in [0.717, 1.165) is 83.6 Å². The second kappa shape index (κ2) is 38.1. The summed E-state index contributed by atoms with van der Waals surface area (Å²) in [5, 5.41) is 46.2. The van der Waals surface area contributed by atoms with E-state index in [-0.39, 0.29) is 76.5 Å². The van der Waals surface area contributed by atoms with Crippen molar-refractivity contribution in [3.05, 3.63) is 70.8 Å². The third-order valence-electron chi connectivity index (χ3n) is 14.8. The lowest BCUT2D eigenvalue weighted by molar-refractivity contribution is 0.0883. The molecule has 5 rings (SSSR count). The molecule has 0 saturated heterocycles. The lowest BCUT2D eigenvalue weighted by Crippen LogP contribution is -2.44. The molecule has 2 saturated carbocycles. The van der Waals surface area contributed by atoms with Crippen LogP contribution in [0.25, 0.3) is 0 Å². The lowest BCUT2D eigenvalue weighted by Gasteiger charge is -2.30. The summed E-state index contributed by atoms with van der Waals surface area (Å²) in [6.07, 6.45) is 15.0. The van der Waals surface area contributed by atoms with E-state index in [1.807, 2.05) is 0 Å². The van der Waals surface area contributed by atoms with E-state index in [4.69, 9.17) is 67.6 Å². The molecule has 2 aliphatic rings. The summed E-state index contributed by atoms with van der Waals surface area (Å²) in [6, 6.07) is 12.9. The second-order valence-electron chi connectivity index (χ2n) is 21.4. The van der Waals surface area contributed by atoms with Crippen LogP contribution in [0.15, 0.2) is 48.5 Å². The number of hydrogen-bond acceptors (Lipinski definition) is 15. The molecule has 85 heavy (non-hydrogen) atoms. The van der Waals surface area contributed by atoms with Gasteiger partial charge in [-0.2, -0.15) is 0 Å². The Bertz CT molecular complexity index is 2590. The third-order valence-corrected chi connectivity index (χ3v) is 14.8. The van der Waals surface area contributed by atoms with Gasteiger partial charge in [0.1, 0.15) is 34.5 Å². The summed E-state index contributed by atoms with van der Waals surface area (Å²) >= 11 is 0. The highest BCUT2D eigenvalue weighted by atomic mass is 16.5. The molecule has 0 aromatic heterocycles. The number of carbonyl (C=O) groups excluding carboxylic acids is 4. The number of hydrogen-bond donors (Lipinski definition) is 15. The van der Waals surface area contributed by atoms with Crippen LogP contribution in [0.5, 0.6) is 34.5 Å². The zero-order chi connectivity index (χ0) is 61.2. The van der Waals surface area contributed by atoms with Crippen molar-refractivity contribution >= 4 is 41.5 Å². The summed E-state index contributed by atoms with van der Waals surface area (Å²) in [5.74, 6) is 1.04. The molecule has 3 aromatic rings. The molecule has 25 nitrogen and oxygen atoms in total. The fraction of sp³-hybridized carbons (Fsp3) is 0.583. The molecule has 19 N–H and O–H groups in total. The van der Waals surface area contributed by atoms with Crippen LogP contribution in [0.1, 0.15) is 170 Å². The molecule has 0 heterocycles. The Kier molecular flexibility index (Phi) is 30.4. The molecule has 0 aliphatic heterocycles. The number of unbranched alkanes of at least 4 members (excludes halogenated alkanes) is 8. The lowest BCUT2D eigenvalue weighted by atomic mass is 9.90. The number of rotatable bonds is 39. The number of benzene rings is 3. The largest absolute Gasteiger partial charge is 0.496 e. The number of carbonyl (C=O) groups is 4. The maximum absolute atomic E-state index is 14.0. The van der Waals surface area contributed by atoms with Crippen molar-refractivity contribution in [2.45, 2.75) is 153 Å². The topological polar surface area (TPSA) is 396 Å². The summed E-state index contributed by atoms with van der Waals surface area (Å²) in [6.45, 7) is 4.88. The standard InChI is InChI=1S/C60H95N15O10/c1-80-50-38-51(81-2)49(57(79)75-43-21-17-41(18-22-43)73-55(77)47-26-24-45(83-32-12-4-8-28-69-58(62)63)36-53(47)85-34-14-6-10-30-71-60(66)67)37-48(50)56(78)74-42-19-15-40(16-20-42)72-54(76)46-25-23-44(82-31-11-3-7-27-68-39-61)35-52(46)84-33-13-5-9-29-70-59(64)65/h23-26,35-38,40-43,68H,3-22,27-34,39,61H2,1-2H3,(H,72,76)(H,73,77)(H,74,78)(H,75,79)(H4,62,63,69)(H4,64,65,70)(H4,66,67,71)/t40-,41-,42-,43-. The SMILES string of the molecule is COc1cc(OC)c(C(=O)N[C@H]2CC[C@H](NC(=O)c3ccc(OCCCCCNC(=N)N)cc3OCCCCCNC(=N)N)CC2)cc1C(=O)N[C@H]1CC[C@H](NC(=O)c2ccc(OCCCCCNCN)cc2OCCCCCNC(=N)N)CC1. The Morgan fingerprint density at radius 2 is 0.729 bits per heavy atom. The van der Waals surface area contributed by atoms with Gasteiger partial charge in [0.05, 0.1) is 62.9 Å². The number of ether oxygens (including phenoxy) is 6. The normalized spacial score (nSPS) is 16.4. The van der Waals surface area contributed by atoms with Crippen molar-refractivity contribution in [2.75, 3.05) is 73.5 Å². The predicted molar refractivity (Wildman–Crippen MR) is 329 cm³/mol. The maximum Gasteiger partial charge on any atom is 0.255 e. The minimum atomic E-state index is -0.404. The summed E-state index contributed by atoms with van der Waals surface area (Å²) in [7, 11) is 2.91. The van der Waals surface area contributed by atoms with E-state index < -0.39 is 11.8 Å². The Morgan fingerprint density at radius 3 is 1.05 bits per heavy atom. The van der Waals surface area contributed by atoms with Crippen molar-refractivity contribution in [3.63, 3.8) is 0 Å². The van der Waals surface area contributed by atoms with Gasteiger partial charge in [0, 0.05) is 68.7 Å². The number of nitrogens with two attached hydrogens (primary N) is 4. The van der Waals surface area contributed by atoms with Crippen LogP contribution in [-0.2, 0) is 0 Å². The van der Waals surface area contributed by atoms with Crippen molar-refractivity contribution in [2.24, 2.45) is 22.9 Å². The molecule has 470 valence electrons. The van der Waals surface area contributed by atoms with Crippen LogP contribution in [0.2, 0.25) is 0 Å². The fourth-order valence-electron chi connectivity index (χ4n) is 10.1. The Hall–Kier alpha value is -7.93. The molecule has 2 aliphatic carbocycles. The molecule has 3 aromatic carbocycles. The maximum atomic E-state index is 14.0. The average Bonchev–Trinajstić information content (AvgIpc) is 2.41. The van der Waals surface area contributed by atoms with E-state index in [0.29, 0.717) is 138 Å². The quantitative estimate of drug-likeness (QED) is 0.0158. The highest BCUT2D eigenvalue weighted by Gasteiger charge is 2.30. The minimum absolute atomic E-state index is 0.0504. The summed E-state index contributed by atoms with van der Waals surface area (Å²) < 4.78 is 35.7. The monoisotopic (exact) mass is 1190 g/mol. The van der Waals surface area contributed by atoms with Crippen LogP contribution in [-0.4, -0.2) is 139 Å². The molecule has 4 amide bonds. The Balaban J connectivity index is 1.12. The highest BCUT2D eigenvalue weighted by Crippen LogP contribution is 2.32. The number of nitrogens with one attached hydrogen (secondary N) is 11. The van der Waals surface area contributed by atoms with E-state index in [2.05, 4.69) is 42.5 Å². The highest BCUT2D eigenvalue weighted by molar-refractivity contribution is 6.03. The summed E-state index contributed by atoms with van der Waals surface area (Å²) in [5.41, 5.74) is 22.8. The molecule has 0 spiro atoms. The van der Waals surface area contributed by atoms with Gasteiger partial charge in [0.15, 0.2) is 17.9 Å². The van der Waals surface area contributed by atoms with Crippen molar-refractivity contribution in [1.82, 2.24) is 42.5 Å². The number of amides is 4. The first kappa shape index (κ1) is 67.9. The predicted octanol–water partition coefficient (Wildman–Crippen LogP) is 4.80. The zero-order valence-corrected chi connectivity index (χ0v) is 49.8. The number of guanidine groups is 3. The van der Waals surface area contributed by atoms with E-state index in [1.165, 1.54) is 20.3 Å². The third kappa shape index (κ3) is 25.1. The Morgan fingerprint density at radius 1 is 0.412 bits per heavy atom. The second-order valence-corrected chi connectivity index (χ2v) is 21.4. The van der Waals surface area contributed by atoms with E-state index in [1.54, 1.807) is 42.5 Å². The van der Waals surface area contributed by atoms with E-state index >= 15 is 0 Å². The van der Waals surface area contributed by atoms with Crippen molar-refractivity contribution in [1.29, 1.82) is 16.2 Å². The first-order valence-corrected chi connectivity index (χ1v) is 30.1. The van der Waals surface area contributed by atoms with Gasteiger partial charge < -0.3 is 93.9 Å². The molecule has 0 atom stereocenters. The summed E-state index contributed by atoms with van der Waals surface area (Å²) in [4.78, 5) is 55.7.